The van der Waals surface area contributed by atoms with Gasteiger partial charge in [-0.15, -0.1) is 0 Å². The second-order valence-corrected chi connectivity index (χ2v) is 4.79. The lowest BCUT2D eigenvalue weighted by Gasteiger charge is -2.12. The molecule has 1 aromatic carbocycles. The Morgan fingerprint density at radius 1 is 1.33 bits per heavy atom. The molecule has 0 aliphatic carbocycles. The summed E-state index contributed by atoms with van der Waals surface area (Å²) < 4.78 is 12.1. The molecule has 2 rings (SSSR count). The molecule has 114 valence electrons. The van der Waals surface area contributed by atoms with Gasteiger partial charge in [0.25, 0.3) is 0 Å². The molecule has 0 aliphatic heterocycles. The molecule has 7 heteroatoms. The van der Waals surface area contributed by atoms with Gasteiger partial charge in [-0.3, -0.25) is 4.68 Å². The maximum atomic E-state index is 8.85. The van der Waals surface area contributed by atoms with Gasteiger partial charge in [-0.1, -0.05) is 11.6 Å². The van der Waals surface area contributed by atoms with Gasteiger partial charge in [0.15, 0.2) is 11.5 Å². The zero-order valence-electron chi connectivity index (χ0n) is 12.0. The van der Waals surface area contributed by atoms with E-state index in [1.807, 2.05) is 18.3 Å². The van der Waals surface area contributed by atoms with Crippen molar-refractivity contribution in [3.8, 4) is 11.5 Å². The average molecular weight is 312 g/mol. The Kier molecular flexibility index (Phi) is 5.30. The Morgan fingerprint density at radius 2 is 2.14 bits per heavy atom. The number of nitrogens with one attached hydrogen (secondary N) is 1. The van der Waals surface area contributed by atoms with Gasteiger partial charge >= 0.3 is 0 Å². The fourth-order valence-electron chi connectivity index (χ4n) is 1.96. The molecule has 6 nitrogen and oxygen atoms in total. The molecule has 0 saturated heterocycles. The molecule has 0 amide bonds. The van der Waals surface area contributed by atoms with E-state index in [0.29, 0.717) is 29.6 Å². The molecule has 2 aromatic rings. The van der Waals surface area contributed by atoms with Gasteiger partial charge in [0.1, 0.15) is 0 Å². The van der Waals surface area contributed by atoms with Crippen LogP contribution in [-0.4, -0.2) is 35.7 Å². The van der Waals surface area contributed by atoms with E-state index in [9.17, 15) is 0 Å². The first-order valence-corrected chi connectivity index (χ1v) is 6.83. The van der Waals surface area contributed by atoms with Crippen molar-refractivity contribution in [2.24, 2.45) is 0 Å². The van der Waals surface area contributed by atoms with Crippen LogP contribution < -0.4 is 14.8 Å². The van der Waals surface area contributed by atoms with Gasteiger partial charge in [-0.2, -0.15) is 5.10 Å². The molecule has 2 N–H and O–H groups in total. The molecule has 0 saturated carbocycles. The van der Waals surface area contributed by atoms with Gasteiger partial charge in [0, 0.05) is 12.7 Å². The lowest BCUT2D eigenvalue weighted by Crippen LogP contribution is -2.02. The normalized spacial score (nSPS) is 10.5. The van der Waals surface area contributed by atoms with E-state index >= 15 is 0 Å². The van der Waals surface area contributed by atoms with Crippen molar-refractivity contribution in [1.82, 2.24) is 9.78 Å². The van der Waals surface area contributed by atoms with Crippen molar-refractivity contribution in [1.29, 1.82) is 0 Å². The Labute approximate surface area is 128 Å². The zero-order valence-corrected chi connectivity index (χ0v) is 12.7. The Hall–Kier alpha value is -1.92. The van der Waals surface area contributed by atoms with E-state index in [-0.39, 0.29) is 6.61 Å². The van der Waals surface area contributed by atoms with E-state index < -0.39 is 0 Å². The first-order valence-electron chi connectivity index (χ1n) is 6.45. The van der Waals surface area contributed by atoms with E-state index in [1.165, 1.54) is 0 Å². The van der Waals surface area contributed by atoms with E-state index in [2.05, 4.69) is 10.4 Å². The van der Waals surface area contributed by atoms with Gasteiger partial charge < -0.3 is 19.9 Å². The van der Waals surface area contributed by atoms with Crippen molar-refractivity contribution < 1.29 is 14.6 Å². The number of rotatable bonds is 7. The van der Waals surface area contributed by atoms with E-state index in [1.54, 1.807) is 25.1 Å². The smallest absolute Gasteiger partial charge is 0.179 e. The molecule has 0 unspecified atom stereocenters. The monoisotopic (exact) mass is 311 g/mol. The predicted molar refractivity (Wildman–Crippen MR) is 81.2 cm³/mol. The lowest BCUT2D eigenvalue weighted by molar-refractivity contribution is 0.269. The quantitative estimate of drug-likeness (QED) is 0.820. The zero-order chi connectivity index (χ0) is 15.2. The molecular formula is C14H18ClN3O3. The number of aliphatic hydroxyl groups is 1. The topological polar surface area (TPSA) is 68.5 Å². The van der Waals surface area contributed by atoms with Crippen LogP contribution in [0, 0.1) is 0 Å². The van der Waals surface area contributed by atoms with Crippen LogP contribution in [0.25, 0.3) is 0 Å². The fraction of sp³-hybridized carbons (Fsp3) is 0.357. The number of hydrogen-bond donors (Lipinski definition) is 2. The highest BCUT2D eigenvalue weighted by molar-refractivity contribution is 6.32. The van der Waals surface area contributed by atoms with Crippen LogP contribution in [0.4, 0.5) is 5.69 Å². The maximum absolute atomic E-state index is 8.85. The summed E-state index contributed by atoms with van der Waals surface area (Å²) in [6, 6.07) is 3.70. The third-order valence-electron chi connectivity index (χ3n) is 2.95. The highest BCUT2D eigenvalue weighted by Crippen LogP contribution is 2.36. The van der Waals surface area contributed by atoms with Gasteiger partial charge in [0.2, 0.25) is 0 Å². The molecule has 0 fully saturated rings. The average Bonchev–Trinajstić information content (AvgIpc) is 2.92. The highest BCUT2D eigenvalue weighted by Gasteiger charge is 2.10. The molecule has 21 heavy (non-hydrogen) atoms. The second kappa shape index (κ2) is 7.19. The van der Waals surface area contributed by atoms with Gasteiger partial charge in [-0.25, -0.2) is 0 Å². The minimum absolute atomic E-state index is 0.0619. The number of aliphatic hydroxyl groups excluding tert-OH is 1. The minimum atomic E-state index is 0.0619. The second-order valence-electron chi connectivity index (χ2n) is 4.38. The number of aromatic nitrogens is 2. The molecule has 0 atom stereocenters. The summed E-state index contributed by atoms with van der Waals surface area (Å²) in [6.45, 7) is 1.11. The first kappa shape index (κ1) is 15.5. The SMILES string of the molecule is COc1cc(CNc2cnn(CCO)c2)cc(Cl)c1OC. The molecule has 0 spiro atoms. The predicted octanol–water partition coefficient (Wildman–Crippen LogP) is 2.16. The lowest BCUT2D eigenvalue weighted by atomic mass is 10.2. The highest BCUT2D eigenvalue weighted by atomic mass is 35.5. The number of anilines is 1. The molecule has 1 aromatic heterocycles. The molecular weight excluding hydrogens is 294 g/mol. The third-order valence-corrected chi connectivity index (χ3v) is 3.23. The van der Waals surface area contributed by atoms with Crippen molar-refractivity contribution >= 4 is 17.3 Å². The number of hydrogen-bond acceptors (Lipinski definition) is 5. The van der Waals surface area contributed by atoms with E-state index in [4.69, 9.17) is 26.2 Å². The number of halogens is 1. The van der Waals surface area contributed by atoms with Crippen molar-refractivity contribution in [2.45, 2.75) is 13.1 Å². The number of benzene rings is 1. The van der Waals surface area contributed by atoms with Gasteiger partial charge in [0.05, 0.1) is 44.3 Å². The standard InChI is InChI=1S/C14H18ClN3O3/c1-20-13-6-10(5-12(15)14(13)21-2)7-16-11-8-17-18(9-11)3-4-19/h5-6,8-9,16,19H,3-4,7H2,1-2H3. The Balaban J connectivity index is 2.07. The van der Waals surface area contributed by atoms with Crippen molar-refractivity contribution in [2.75, 3.05) is 26.1 Å². The van der Waals surface area contributed by atoms with Crippen LogP contribution in [0.15, 0.2) is 24.5 Å². The summed E-state index contributed by atoms with van der Waals surface area (Å²) in [5.74, 6) is 1.12. The van der Waals surface area contributed by atoms with Crippen LogP contribution >= 0.6 is 11.6 Å². The first-order chi connectivity index (χ1) is 10.2. The van der Waals surface area contributed by atoms with Crippen molar-refractivity contribution in [3.63, 3.8) is 0 Å². The van der Waals surface area contributed by atoms with Crippen LogP contribution in [0.1, 0.15) is 5.56 Å². The van der Waals surface area contributed by atoms with Crippen LogP contribution in [0.3, 0.4) is 0 Å². The number of nitrogens with zero attached hydrogens (tertiary/aromatic N) is 2. The largest absolute Gasteiger partial charge is 0.493 e. The Bertz CT molecular complexity index is 601. The summed E-state index contributed by atoms with van der Waals surface area (Å²) in [4.78, 5) is 0. The summed E-state index contributed by atoms with van der Waals surface area (Å²) >= 11 is 6.16. The minimum Gasteiger partial charge on any atom is -0.493 e. The third kappa shape index (κ3) is 3.80. The maximum Gasteiger partial charge on any atom is 0.179 e. The van der Waals surface area contributed by atoms with Crippen LogP contribution in [-0.2, 0) is 13.1 Å². The van der Waals surface area contributed by atoms with Crippen LogP contribution in [0.5, 0.6) is 11.5 Å². The van der Waals surface area contributed by atoms with Crippen molar-refractivity contribution in [3.05, 3.63) is 35.1 Å². The number of methoxy groups -OCH3 is 2. The summed E-state index contributed by atoms with van der Waals surface area (Å²) in [5, 5.41) is 16.7. The number of ether oxygens (including phenoxy) is 2. The summed E-state index contributed by atoms with van der Waals surface area (Å²) in [6.07, 6.45) is 3.54. The van der Waals surface area contributed by atoms with Gasteiger partial charge in [-0.05, 0) is 17.7 Å². The Morgan fingerprint density at radius 3 is 2.81 bits per heavy atom. The molecule has 1 heterocycles. The summed E-state index contributed by atoms with van der Waals surface area (Å²) in [5.41, 5.74) is 1.84. The van der Waals surface area contributed by atoms with Crippen LogP contribution in [0.2, 0.25) is 5.02 Å². The fourth-order valence-corrected chi connectivity index (χ4v) is 2.27. The molecule has 0 radical (unpaired) electrons. The van der Waals surface area contributed by atoms with E-state index in [0.717, 1.165) is 11.3 Å². The molecule has 0 aliphatic rings. The summed E-state index contributed by atoms with van der Waals surface area (Å²) in [7, 11) is 3.13. The molecule has 0 bridgehead atoms.